The van der Waals surface area contributed by atoms with Crippen LogP contribution in [-0.2, 0) is 0 Å². The fourth-order valence-corrected chi connectivity index (χ4v) is 4.48. The summed E-state index contributed by atoms with van der Waals surface area (Å²) in [6.07, 6.45) is 10.2. The highest BCUT2D eigenvalue weighted by Gasteiger charge is 2.37. The van der Waals surface area contributed by atoms with Gasteiger partial charge >= 0.3 is 0 Å². The van der Waals surface area contributed by atoms with Gasteiger partial charge < -0.3 is 10.2 Å². The van der Waals surface area contributed by atoms with E-state index in [9.17, 15) is 0 Å². The van der Waals surface area contributed by atoms with Gasteiger partial charge in [0.1, 0.15) is 0 Å². The number of nitrogens with zero attached hydrogens (tertiary/aromatic N) is 1. The lowest BCUT2D eigenvalue weighted by Crippen LogP contribution is -2.56. The second-order valence-corrected chi connectivity index (χ2v) is 7.35. The highest BCUT2D eigenvalue weighted by Crippen LogP contribution is 2.38. The number of hydrogen-bond donors (Lipinski definition) is 1. The minimum atomic E-state index is 0.738. The van der Waals surface area contributed by atoms with Crippen LogP contribution in [-0.4, -0.2) is 30.9 Å². The highest BCUT2D eigenvalue weighted by atomic mass is 32.2. The molecular weight excluding hydrogens is 276 g/mol. The van der Waals surface area contributed by atoms with Gasteiger partial charge in [-0.15, -0.1) is 11.8 Å². The van der Waals surface area contributed by atoms with Gasteiger partial charge in [0.15, 0.2) is 0 Å². The van der Waals surface area contributed by atoms with Gasteiger partial charge in [-0.2, -0.15) is 0 Å². The van der Waals surface area contributed by atoms with Gasteiger partial charge in [-0.05, 0) is 75.6 Å². The predicted octanol–water partition coefficient (Wildman–Crippen LogP) is 4.30. The zero-order valence-corrected chi connectivity index (χ0v) is 14.2. The Kier molecular flexibility index (Phi) is 5.12. The van der Waals surface area contributed by atoms with Crippen LogP contribution in [0.25, 0.3) is 0 Å². The SMILES string of the molecule is CCCNC1CC2CCCC(C1)N2c1ccc(SC)cc1. The maximum Gasteiger partial charge on any atom is 0.0372 e. The maximum absolute atomic E-state index is 3.76. The van der Waals surface area contributed by atoms with Crippen molar-refractivity contribution >= 4 is 17.4 Å². The Morgan fingerprint density at radius 3 is 2.38 bits per heavy atom. The topological polar surface area (TPSA) is 15.3 Å². The van der Waals surface area contributed by atoms with Crippen molar-refractivity contribution in [1.82, 2.24) is 5.32 Å². The predicted molar refractivity (Wildman–Crippen MR) is 93.4 cm³/mol. The maximum atomic E-state index is 3.76. The molecule has 2 aliphatic heterocycles. The van der Waals surface area contributed by atoms with Gasteiger partial charge in [-0.25, -0.2) is 0 Å². The van der Waals surface area contributed by atoms with Crippen molar-refractivity contribution in [3.63, 3.8) is 0 Å². The molecule has 2 bridgehead atoms. The summed E-state index contributed by atoms with van der Waals surface area (Å²) in [5.74, 6) is 0. The number of piperidine rings is 2. The summed E-state index contributed by atoms with van der Waals surface area (Å²) in [5.41, 5.74) is 1.44. The average molecular weight is 305 g/mol. The minimum Gasteiger partial charge on any atom is -0.365 e. The van der Waals surface area contributed by atoms with E-state index in [0.717, 1.165) is 18.1 Å². The molecule has 0 amide bonds. The second kappa shape index (κ2) is 7.06. The molecule has 2 heterocycles. The number of thioether (sulfide) groups is 1. The van der Waals surface area contributed by atoms with E-state index in [2.05, 4.69) is 47.7 Å². The van der Waals surface area contributed by atoms with E-state index in [1.807, 2.05) is 11.8 Å². The standard InChI is InChI=1S/C18H28N2S/c1-3-11-19-14-12-16-5-4-6-17(13-14)20(16)15-7-9-18(21-2)10-8-15/h7-10,14,16-17,19H,3-6,11-13H2,1-2H3. The van der Waals surface area contributed by atoms with Crippen molar-refractivity contribution in [2.45, 2.75) is 68.5 Å². The Labute approximate surface area is 133 Å². The van der Waals surface area contributed by atoms with Crippen LogP contribution < -0.4 is 10.2 Å². The molecule has 3 heteroatoms. The first kappa shape index (κ1) is 15.2. The Morgan fingerprint density at radius 2 is 1.81 bits per heavy atom. The molecule has 0 spiro atoms. The molecule has 2 aliphatic rings. The van der Waals surface area contributed by atoms with E-state index >= 15 is 0 Å². The van der Waals surface area contributed by atoms with Crippen LogP contribution in [0.5, 0.6) is 0 Å². The molecule has 2 unspecified atom stereocenters. The molecular formula is C18H28N2S. The Bertz CT molecular complexity index is 431. The quantitative estimate of drug-likeness (QED) is 0.817. The first-order valence-electron chi connectivity index (χ1n) is 8.47. The average Bonchev–Trinajstić information content (AvgIpc) is 2.52. The van der Waals surface area contributed by atoms with E-state index in [4.69, 9.17) is 0 Å². The summed E-state index contributed by atoms with van der Waals surface area (Å²) >= 11 is 1.83. The fraction of sp³-hybridized carbons (Fsp3) is 0.667. The third kappa shape index (κ3) is 3.40. The summed E-state index contributed by atoms with van der Waals surface area (Å²) in [5, 5.41) is 3.76. The molecule has 1 aromatic carbocycles. The summed E-state index contributed by atoms with van der Waals surface area (Å²) in [4.78, 5) is 4.10. The van der Waals surface area contributed by atoms with Crippen molar-refractivity contribution in [2.75, 3.05) is 17.7 Å². The van der Waals surface area contributed by atoms with Crippen molar-refractivity contribution in [3.05, 3.63) is 24.3 Å². The monoisotopic (exact) mass is 304 g/mol. The lowest BCUT2D eigenvalue weighted by Gasteiger charge is -2.50. The first-order valence-corrected chi connectivity index (χ1v) is 9.70. The van der Waals surface area contributed by atoms with Gasteiger partial charge in [0.05, 0.1) is 0 Å². The summed E-state index contributed by atoms with van der Waals surface area (Å²) in [7, 11) is 0. The zero-order chi connectivity index (χ0) is 14.7. The number of fused-ring (bicyclic) bond motifs is 2. The largest absolute Gasteiger partial charge is 0.365 e. The highest BCUT2D eigenvalue weighted by molar-refractivity contribution is 7.98. The van der Waals surface area contributed by atoms with Crippen LogP contribution in [0.15, 0.2) is 29.2 Å². The number of nitrogens with one attached hydrogen (secondary N) is 1. The van der Waals surface area contributed by atoms with Gasteiger partial charge in [-0.1, -0.05) is 6.92 Å². The molecule has 21 heavy (non-hydrogen) atoms. The van der Waals surface area contributed by atoms with E-state index in [1.165, 1.54) is 55.7 Å². The van der Waals surface area contributed by atoms with Crippen LogP contribution in [0.2, 0.25) is 0 Å². The second-order valence-electron chi connectivity index (χ2n) is 6.47. The summed E-state index contributed by atoms with van der Waals surface area (Å²) in [6.45, 7) is 3.43. The molecule has 1 aromatic rings. The van der Waals surface area contributed by atoms with Crippen LogP contribution in [0.3, 0.4) is 0 Å². The molecule has 0 aromatic heterocycles. The minimum absolute atomic E-state index is 0.738. The number of hydrogen-bond acceptors (Lipinski definition) is 3. The Balaban J connectivity index is 1.73. The molecule has 2 fully saturated rings. The third-order valence-electron chi connectivity index (χ3n) is 5.03. The molecule has 0 aliphatic carbocycles. The lowest BCUT2D eigenvalue weighted by atomic mass is 9.81. The summed E-state index contributed by atoms with van der Waals surface area (Å²) in [6, 6.07) is 11.4. The van der Waals surface area contributed by atoms with Crippen molar-refractivity contribution in [3.8, 4) is 0 Å². The van der Waals surface area contributed by atoms with Crippen molar-refractivity contribution in [1.29, 1.82) is 0 Å². The molecule has 3 rings (SSSR count). The smallest absolute Gasteiger partial charge is 0.0372 e. The summed E-state index contributed by atoms with van der Waals surface area (Å²) < 4.78 is 0. The first-order chi connectivity index (χ1) is 10.3. The lowest BCUT2D eigenvalue weighted by molar-refractivity contribution is 0.246. The van der Waals surface area contributed by atoms with Crippen LogP contribution >= 0.6 is 11.8 Å². The molecule has 116 valence electrons. The Hall–Kier alpha value is -0.670. The zero-order valence-electron chi connectivity index (χ0n) is 13.3. The van der Waals surface area contributed by atoms with Crippen LogP contribution in [0.1, 0.15) is 45.4 Å². The molecule has 2 atom stereocenters. The molecule has 2 saturated heterocycles. The van der Waals surface area contributed by atoms with E-state index in [0.29, 0.717) is 0 Å². The van der Waals surface area contributed by atoms with Crippen LogP contribution in [0, 0.1) is 0 Å². The molecule has 2 nitrogen and oxygen atoms in total. The number of benzene rings is 1. The number of rotatable bonds is 5. The fourth-order valence-electron chi connectivity index (χ4n) is 4.07. The Morgan fingerprint density at radius 1 is 1.14 bits per heavy atom. The van der Waals surface area contributed by atoms with Crippen molar-refractivity contribution in [2.24, 2.45) is 0 Å². The van der Waals surface area contributed by atoms with E-state index in [1.54, 1.807) is 0 Å². The van der Waals surface area contributed by atoms with Crippen LogP contribution in [0.4, 0.5) is 5.69 Å². The number of anilines is 1. The van der Waals surface area contributed by atoms with Gasteiger partial charge in [0, 0.05) is 28.7 Å². The molecule has 0 saturated carbocycles. The molecule has 0 radical (unpaired) electrons. The van der Waals surface area contributed by atoms with Gasteiger partial charge in [0.25, 0.3) is 0 Å². The van der Waals surface area contributed by atoms with Gasteiger partial charge in [0.2, 0.25) is 0 Å². The van der Waals surface area contributed by atoms with Gasteiger partial charge in [-0.3, -0.25) is 0 Å². The van der Waals surface area contributed by atoms with E-state index < -0.39 is 0 Å². The normalized spacial score (nSPS) is 28.7. The molecule has 1 N–H and O–H groups in total. The van der Waals surface area contributed by atoms with Crippen molar-refractivity contribution < 1.29 is 0 Å². The van der Waals surface area contributed by atoms with E-state index in [-0.39, 0.29) is 0 Å². The third-order valence-corrected chi connectivity index (χ3v) is 5.77.